The molecular weight excluding hydrogens is 170 g/mol. The molecule has 1 aromatic heterocycles. The zero-order chi connectivity index (χ0) is 9.03. The average Bonchev–Trinajstić information content (AvgIpc) is 2.53. The molecule has 1 heterocycles. The van der Waals surface area contributed by atoms with E-state index >= 15 is 0 Å². The zero-order valence-corrected chi connectivity index (χ0v) is 8.36. The quantitative estimate of drug-likeness (QED) is 0.778. The Hall–Kier alpha value is -0.380. The summed E-state index contributed by atoms with van der Waals surface area (Å²) in [6, 6.07) is 4.10. The van der Waals surface area contributed by atoms with Crippen molar-refractivity contribution in [3.63, 3.8) is 0 Å². The molecule has 0 aliphatic rings. The summed E-state index contributed by atoms with van der Waals surface area (Å²) in [7, 11) is 1.70. The standard InChI is InChI=1S/C9H15NOS/c1-9(10,5-6-11-2)8-4-3-7-12-8/h3-4,7H,5-6,10H2,1-2H3. The molecule has 0 aliphatic carbocycles. The fourth-order valence-electron chi connectivity index (χ4n) is 1.04. The number of thiophene rings is 1. The molecule has 2 N–H and O–H groups in total. The monoisotopic (exact) mass is 185 g/mol. The maximum Gasteiger partial charge on any atom is 0.0497 e. The zero-order valence-electron chi connectivity index (χ0n) is 7.54. The molecule has 2 nitrogen and oxygen atoms in total. The average molecular weight is 185 g/mol. The van der Waals surface area contributed by atoms with Gasteiger partial charge in [0.25, 0.3) is 0 Å². The van der Waals surface area contributed by atoms with Crippen molar-refractivity contribution < 1.29 is 4.74 Å². The first-order chi connectivity index (χ1) is 5.67. The van der Waals surface area contributed by atoms with Crippen molar-refractivity contribution in [2.75, 3.05) is 13.7 Å². The largest absolute Gasteiger partial charge is 0.385 e. The fraction of sp³-hybridized carbons (Fsp3) is 0.556. The second kappa shape index (κ2) is 4.03. The van der Waals surface area contributed by atoms with Crippen LogP contribution in [0.4, 0.5) is 0 Å². The van der Waals surface area contributed by atoms with Gasteiger partial charge in [0.15, 0.2) is 0 Å². The van der Waals surface area contributed by atoms with Crippen molar-refractivity contribution in [3.8, 4) is 0 Å². The Bertz CT molecular complexity index is 218. The molecule has 3 heteroatoms. The molecule has 0 aromatic carbocycles. The van der Waals surface area contributed by atoms with Crippen molar-refractivity contribution in [2.45, 2.75) is 18.9 Å². The van der Waals surface area contributed by atoms with E-state index in [0.717, 1.165) is 6.42 Å². The van der Waals surface area contributed by atoms with E-state index in [0.29, 0.717) is 6.61 Å². The first-order valence-electron chi connectivity index (χ1n) is 3.98. The lowest BCUT2D eigenvalue weighted by Gasteiger charge is -2.22. The summed E-state index contributed by atoms with van der Waals surface area (Å²) in [5.74, 6) is 0. The van der Waals surface area contributed by atoms with Crippen LogP contribution in [-0.4, -0.2) is 13.7 Å². The van der Waals surface area contributed by atoms with Crippen LogP contribution in [0.5, 0.6) is 0 Å². The van der Waals surface area contributed by atoms with Crippen LogP contribution < -0.4 is 5.73 Å². The lowest BCUT2D eigenvalue weighted by Crippen LogP contribution is -2.33. The Labute approximate surface area is 77.3 Å². The third-order valence-electron chi connectivity index (χ3n) is 1.91. The van der Waals surface area contributed by atoms with Crippen LogP contribution in [-0.2, 0) is 10.3 Å². The molecule has 1 rings (SSSR count). The van der Waals surface area contributed by atoms with Crippen LogP contribution in [0.1, 0.15) is 18.2 Å². The van der Waals surface area contributed by atoms with Crippen LogP contribution in [0, 0.1) is 0 Å². The van der Waals surface area contributed by atoms with E-state index in [4.69, 9.17) is 10.5 Å². The molecule has 12 heavy (non-hydrogen) atoms. The van der Waals surface area contributed by atoms with Gasteiger partial charge in [-0.1, -0.05) is 6.07 Å². The minimum atomic E-state index is -0.232. The Balaban J connectivity index is 2.59. The summed E-state index contributed by atoms with van der Waals surface area (Å²) in [5, 5.41) is 2.05. The second-order valence-corrected chi connectivity index (χ2v) is 4.09. The number of rotatable bonds is 4. The van der Waals surface area contributed by atoms with Crippen LogP contribution >= 0.6 is 11.3 Å². The molecule has 0 amide bonds. The van der Waals surface area contributed by atoms with Gasteiger partial charge < -0.3 is 10.5 Å². The molecule has 0 spiro atoms. The Kier molecular flexibility index (Phi) is 3.26. The summed E-state index contributed by atoms with van der Waals surface area (Å²) < 4.78 is 5.00. The number of methoxy groups -OCH3 is 1. The number of hydrogen-bond donors (Lipinski definition) is 1. The Morgan fingerprint density at radius 3 is 2.92 bits per heavy atom. The van der Waals surface area contributed by atoms with E-state index in [-0.39, 0.29) is 5.54 Å². The Morgan fingerprint density at radius 1 is 1.67 bits per heavy atom. The normalized spacial score (nSPS) is 15.9. The van der Waals surface area contributed by atoms with Gasteiger partial charge in [0, 0.05) is 24.1 Å². The highest BCUT2D eigenvalue weighted by molar-refractivity contribution is 7.10. The number of ether oxygens (including phenoxy) is 1. The van der Waals surface area contributed by atoms with E-state index in [1.807, 2.05) is 18.4 Å². The van der Waals surface area contributed by atoms with Crippen molar-refractivity contribution in [1.82, 2.24) is 0 Å². The highest BCUT2D eigenvalue weighted by atomic mass is 32.1. The van der Waals surface area contributed by atoms with Gasteiger partial charge in [-0.05, 0) is 24.8 Å². The van der Waals surface area contributed by atoms with Crippen LogP contribution in [0.2, 0.25) is 0 Å². The van der Waals surface area contributed by atoms with Gasteiger partial charge >= 0.3 is 0 Å². The number of hydrogen-bond acceptors (Lipinski definition) is 3. The van der Waals surface area contributed by atoms with Crippen molar-refractivity contribution in [2.24, 2.45) is 5.73 Å². The van der Waals surface area contributed by atoms with Crippen molar-refractivity contribution in [3.05, 3.63) is 22.4 Å². The van der Waals surface area contributed by atoms with E-state index < -0.39 is 0 Å². The first-order valence-corrected chi connectivity index (χ1v) is 4.86. The lowest BCUT2D eigenvalue weighted by atomic mass is 9.98. The van der Waals surface area contributed by atoms with Crippen LogP contribution in [0.3, 0.4) is 0 Å². The summed E-state index contributed by atoms with van der Waals surface area (Å²) >= 11 is 1.70. The molecule has 68 valence electrons. The summed E-state index contributed by atoms with van der Waals surface area (Å²) in [6.45, 7) is 2.75. The van der Waals surface area contributed by atoms with Crippen molar-refractivity contribution in [1.29, 1.82) is 0 Å². The van der Waals surface area contributed by atoms with E-state index in [9.17, 15) is 0 Å². The highest BCUT2D eigenvalue weighted by Crippen LogP contribution is 2.25. The maximum atomic E-state index is 6.10. The SMILES string of the molecule is COCCC(C)(N)c1cccs1. The number of nitrogens with two attached hydrogens (primary N) is 1. The minimum Gasteiger partial charge on any atom is -0.385 e. The third-order valence-corrected chi connectivity index (χ3v) is 3.06. The third kappa shape index (κ3) is 2.30. The van der Waals surface area contributed by atoms with Gasteiger partial charge in [0.1, 0.15) is 0 Å². The molecule has 0 radical (unpaired) electrons. The summed E-state index contributed by atoms with van der Waals surface area (Å²) in [4.78, 5) is 1.22. The van der Waals surface area contributed by atoms with Crippen LogP contribution in [0.25, 0.3) is 0 Å². The predicted molar refractivity (Wildman–Crippen MR) is 52.4 cm³/mol. The van der Waals surface area contributed by atoms with Crippen LogP contribution in [0.15, 0.2) is 17.5 Å². The van der Waals surface area contributed by atoms with E-state index in [2.05, 4.69) is 6.07 Å². The van der Waals surface area contributed by atoms with Gasteiger partial charge in [0.2, 0.25) is 0 Å². The molecule has 0 saturated carbocycles. The fourth-order valence-corrected chi connectivity index (χ4v) is 1.87. The second-order valence-electron chi connectivity index (χ2n) is 3.14. The maximum absolute atomic E-state index is 6.10. The molecular formula is C9H15NOS. The van der Waals surface area contributed by atoms with Gasteiger partial charge in [-0.25, -0.2) is 0 Å². The van der Waals surface area contributed by atoms with E-state index in [1.54, 1.807) is 18.4 Å². The smallest absolute Gasteiger partial charge is 0.0497 e. The molecule has 0 saturated heterocycles. The van der Waals surface area contributed by atoms with Gasteiger partial charge in [-0.3, -0.25) is 0 Å². The van der Waals surface area contributed by atoms with Gasteiger partial charge in [0.05, 0.1) is 0 Å². The molecule has 0 aliphatic heterocycles. The first kappa shape index (κ1) is 9.71. The van der Waals surface area contributed by atoms with Gasteiger partial charge in [-0.2, -0.15) is 0 Å². The molecule has 1 unspecified atom stereocenters. The predicted octanol–water partition coefficient (Wildman–Crippen LogP) is 1.96. The Morgan fingerprint density at radius 2 is 2.42 bits per heavy atom. The lowest BCUT2D eigenvalue weighted by molar-refractivity contribution is 0.173. The highest BCUT2D eigenvalue weighted by Gasteiger charge is 2.21. The molecule has 1 atom stereocenters. The minimum absolute atomic E-state index is 0.232. The van der Waals surface area contributed by atoms with Gasteiger partial charge in [-0.15, -0.1) is 11.3 Å². The molecule has 0 fully saturated rings. The molecule has 0 bridgehead atoms. The van der Waals surface area contributed by atoms with E-state index in [1.165, 1.54) is 4.88 Å². The molecule has 1 aromatic rings. The summed E-state index contributed by atoms with van der Waals surface area (Å²) in [5.41, 5.74) is 5.87. The topological polar surface area (TPSA) is 35.2 Å². The van der Waals surface area contributed by atoms with Crippen molar-refractivity contribution >= 4 is 11.3 Å². The summed E-state index contributed by atoms with van der Waals surface area (Å²) in [6.07, 6.45) is 0.865.